The Hall–Kier alpha value is -2.19. The number of benzene rings is 1. The van der Waals surface area contributed by atoms with E-state index in [1.54, 1.807) is 36.1 Å². The van der Waals surface area contributed by atoms with Gasteiger partial charge < -0.3 is 5.32 Å². The topological polar surface area (TPSA) is 93.1 Å². The second-order valence-electron chi connectivity index (χ2n) is 4.88. The molecule has 0 fully saturated rings. The van der Waals surface area contributed by atoms with E-state index in [1.807, 2.05) is 6.92 Å². The summed E-state index contributed by atoms with van der Waals surface area (Å²) in [5.41, 5.74) is 0.980. The monoisotopic (exact) mass is 322 g/mol. The molecule has 118 valence electrons. The van der Waals surface area contributed by atoms with Gasteiger partial charge in [0.25, 0.3) is 0 Å². The number of amides is 1. The first-order valence-electron chi connectivity index (χ1n) is 6.73. The Morgan fingerprint density at radius 2 is 1.91 bits per heavy atom. The lowest BCUT2D eigenvalue weighted by atomic mass is 10.2. The molecule has 0 radical (unpaired) electrons. The molecule has 2 aromatic rings. The third-order valence-corrected chi connectivity index (χ3v) is 4.43. The van der Waals surface area contributed by atoms with Crippen LogP contribution in [0.25, 0.3) is 0 Å². The van der Waals surface area contributed by atoms with E-state index in [-0.39, 0.29) is 23.8 Å². The Morgan fingerprint density at radius 1 is 1.23 bits per heavy atom. The molecule has 0 unspecified atom stereocenters. The standard InChI is InChI=1S/C14H18N4O3S/c1-11-3-5-12(6-4-11)22(20,21)15-9-7-14(19)16-13-8-10-18(2)17-13/h3-6,8,10,15H,7,9H2,1-2H3,(H,16,17,19). The van der Waals surface area contributed by atoms with Crippen LogP contribution in [0.4, 0.5) is 5.82 Å². The van der Waals surface area contributed by atoms with Crippen LogP contribution < -0.4 is 10.0 Å². The number of hydrogen-bond acceptors (Lipinski definition) is 4. The molecular weight excluding hydrogens is 304 g/mol. The number of anilines is 1. The molecule has 1 amide bonds. The van der Waals surface area contributed by atoms with E-state index in [2.05, 4.69) is 15.1 Å². The molecule has 2 N–H and O–H groups in total. The highest BCUT2D eigenvalue weighted by atomic mass is 32.2. The number of sulfonamides is 1. The van der Waals surface area contributed by atoms with Crippen LogP contribution in [0.3, 0.4) is 0 Å². The summed E-state index contributed by atoms with van der Waals surface area (Å²) in [5.74, 6) is 0.138. The summed E-state index contributed by atoms with van der Waals surface area (Å²) in [6.07, 6.45) is 1.73. The highest BCUT2D eigenvalue weighted by Crippen LogP contribution is 2.09. The molecule has 0 aliphatic rings. The Morgan fingerprint density at radius 3 is 2.50 bits per heavy atom. The lowest BCUT2D eigenvalue weighted by Gasteiger charge is -2.07. The molecule has 0 spiro atoms. The minimum Gasteiger partial charge on any atom is -0.309 e. The number of nitrogens with one attached hydrogen (secondary N) is 2. The molecule has 1 aromatic heterocycles. The minimum atomic E-state index is -3.59. The summed E-state index contributed by atoms with van der Waals surface area (Å²) >= 11 is 0. The molecular formula is C14H18N4O3S. The normalized spacial score (nSPS) is 11.4. The van der Waals surface area contributed by atoms with E-state index < -0.39 is 10.0 Å². The van der Waals surface area contributed by atoms with Crippen molar-refractivity contribution in [2.75, 3.05) is 11.9 Å². The maximum atomic E-state index is 12.0. The van der Waals surface area contributed by atoms with E-state index in [0.717, 1.165) is 5.56 Å². The van der Waals surface area contributed by atoms with Crippen molar-refractivity contribution in [3.63, 3.8) is 0 Å². The molecule has 2 rings (SSSR count). The largest absolute Gasteiger partial charge is 0.309 e. The van der Waals surface area contributed by atoms with Crippen LogP contribution >= 0.6 is 0 Å². The van der Waals surface area contributed by atoms with Gasteiger partial charge in [-0.25, -0.2) is 13.1 Å². The second-order valence-corrected chi connectivity index (χ2v) is 6.65. The van der Waals surface area contributed by atoms with Crippen molar-refractivity contribution in [2.45, 2.75) is 18.2 Å². The average molecular weight is 322 g/mol. The van der Waals surface area contributed by atoms with Crippen LogP contribution in [0.15, 0.2) is 41.4 Å². The van der Waals surface area contributed by atoms with E-state index in [0.29, 0.717) is 5.82 Å². The lowest BCUT2D eigenvalue weighted by Crippen LogP contribution is -2.27. The average Bonchev–Trinajstić information content (AvgIpc) is 2.84. The Balaban J connectivity index is 1.84. The minimum absolute atomic E-state index is 0.0227. The van der Waals surface area contributed by atoms with Gasteiger partial charge in [0.1, 0.15) is 0 Å². The fourth-order valence-corrected chi connectivity index (χ4v) is 2.82. The first kappa shape index (κ1) is 16.2. The van der Waals surface area contributed by atoms with E-state index in [1.165, 1.54) is 12.1 Å². The van der Waals surface area contributed by atoms with Crippen molar-refractivity contribution in [3.05, 3.63) is 42.1 Å². The van der Waals surface area contributed by atoms with E-state index >= 15 is 0 Å². The molecule has 0 atom stereocenters. The van der Waals surface area contributed by atoms with Gasteiger partial charge in [0.05, 0.1) is 4.90 Å². The highest BCUT2D eigenvalue weighted by molar-refractivity contribution is 7.89. The van der Waals surface area contributed by atoms with Crippen molar-refractivity contribution in [1.82, 2.24) is 14.5 Å². The zero-order valence-corrected chi connectivity index (χ0v) is 13.2. The molecule has 0 saturated carbocycles. The molecule has 7 nitrogen and oxygen atoms in total. The Kier molecular flexibility index (Phi) is 4.94. The summed E-state index contributed by atoms with van der Waals surface area (Å²) in [6, 6.07) is 8.18. The van der Waals surface area contributed by atoms with Crippen LogP contribution in [-0.2, 0) is 21.9 Å². The van der Waals surface area contributed by atoms with Crippen molar-refractivity contribution < 1.29 is 13.2 Å². The van der Waals surface area contributed by atoms with Gasteiger partial charge in [0.15, 0.2) is 5.82 Å². The molecule has 0 bridgehead atoms. The molecule has 0 aliphatic heterocycles. The molecule has 1 aromatic carbocycles. The second kappa shape index (κ2) is 6.71. The zero-order valence-electron chi connectivity index (χ0n) is 12.4. The summed E-state index contributed by atoms with van der Waals surface area (Å²) in [5, 5.41) is 6.60. The van der Waals surface area contributed by atoms with Gasteiger partial charge in [-0.15, -0.1) is 0 Å². The van der Waals surface area contributed by atoms with Gasteiger partial charge >= 0.3 is 0 Å². The van der Waals surface area contributed by atoms with E-state index in [4.69, 9.17) is 0 Å². The predicted octanol–water partition coefficient (Wildman–Crippen LogP) is 1.04. The van der Waals surface area contributed by atoms with Crippen molar-refractivity contribution in [3.8, 4) is 0 Å². The quantitative estimate of drug-likeness (QED) is 0.831. The smallest absolute Gasteiger partial charge is 0.240 e. The van der Waals surface area contributed by atoms with Crippen LogP contribution in [-0.4, -0.2) is 30.7 Å². The third kappa shape index (κ3) is 4.40. The number of nitrogens with zero attached hydrogens (tertiary/aromatic N) is 2. The maximum absolute atomic E-state index is 12.0. The summed E-state index contributed by atoms with van der Waals surface area (Å²) in [6.45, 7) is 1.90. The van der Waals surface area contributed by atoms with Crippen LogP contribution in [0.5, 0.6) is 0 Å². The Labute approximate surface area is 129 Å². The number of rotatable bonds is 6. The summed E-state index contributed by atoms with van der Waals surface area (Å²) < 4.78 is 28.0. The number of aromatic nitrogens is 2. The summed E-state index contributed by atoms with van der Waals surface area (Å²) in [4.78, 5) is 11.9. The summed E-state index contributed by atoms with van der Waals surface area (Å²) in [7, 11) is -1.85. The first-order valence-corrected chi connectivity index (χ1v) is 8.21. The van der Waals surface area contributed by atoms with Gasteiger partial charge in [-0.3, -0.25) is 9.48 Å². The van der Waals surface area contributed by atoms with Gasteiger partial charge in [-0.2, -0.15) is 5.10 Å². The lowest BCUT2D eigenvalue weighted by molar-refractivity contribution is -0.116. The van der Waals surface area contributed by atoms with Crippen molar-refractivity contribution in [2.24, 2.45) is 7.05 Å². The molecule has 1 heterocycles. The van der Waals surface area contributed by atoms with Crippen LogP contribution in [0.2, 0.25) is 0 Å². The number of carbonyl (C=O) groups excluding carboxylic acids is 1. The SMILES string of the molecule is Cc1ccc(S(=O)(=O)NCCC(=O)Nc2ccn(C)n2)cc1. The molecule has 0 saturated heterocycles. The fourth-order valence-electron chi connectivity index (χ4n) is 1.79. The van der Waals surface area contributed by atoms with Crippen molar-refractivity contribution in [1.29, 1.82) is 0 Å². The van der Waals surface area contributed by atoms with E-state index in [9.17, 15) is 13.2 Å². The molecule has 0 aliphatic carbocycles. The molecule has 22 heavy (non-hydrogen) atoms. The zero-order chi connectivity index (χ0) is 16.2. The van der Waals surface area contributed by atoms with Crippen LogP contribution in [0, 0.1) is 6.92 Å². The number of hydrogen-bond donors (Lipinski definition) is 2. The van der Waals surface area contributed by atoms with Gasteiger partial charge in [-0.05, 0) is 19.1 Å². The van der Waals surface area contributed by atoms with Crippen LogP contribution in [0.1, 0.15) is 12.0 Å². The van der Waals surface area contributed by atoms with Gasteiger partial charge in [0, 0.05) is 32.3 Å². The molecule has 8 heteroatoms. The maximum Gasteiger partial charge on any atom is 0.240 e. The third-order valence-electron chi connectivity index (χ3n) is 2.96. The Bertz CT molecular complexity index is 751. The number of aryl methyl sites for hydroxylation is 2. The van der Waals surface area contributed by atoms with Gasteiger partial charge in [-0.1, -0.05) is 17.7 Å². The highest BCUT2D eigenvalue weighted by Gasteiger charge is 2.14. The first-order chi connectivity index (χ1) is 10.4. The predicted molar refractivity (Wildman–Crippen MR) is 82.8 cm³/mol. The van der Waals surface area contributed by atoms with Crippen molar-refractivity contribution >= 4 is 21.7 Å². The fraction of sp³-hybridized carbons (Fsp3) is 0.286. The van der Waals surface area contributed by atoms with Gasteiger partial charge in [0.2, 0.25) is 15.9 Å². The number of carbonyl (C=O) groups is 1.